The molecule has 3 rings (SSSR count). The van der Waals surface area contributed by atoms with Crippen LogP contribution in [0.3, 0.4) is 0 Å². The zero-order chi connectivity index (χ0) is 21.1. The van der Waals surface area contributed by atoms with Crippen molar-refractivity contribution in [2.75, 3.05) is 38.0 Å². The van der Waals surface area contributed by atoms with Gasteiger partial charge in [0.05, 0.1) is 0 Å². The van der Waals surface area contributed by atoms with Gasteiger partial charge in [-0.3, -0.25) is 4.79 Å². The van der Waals surface area contributed by atoms with Crippen LogP contribution in [0.5, 0.6) is 0 Å². The maximum atomic E-state index is 11.8. The molecule has 0 aliphatic carbocycles. The van der Waals surface area contributed by atoms with Gasteiger partial charge in [-0.05, 0) is 59.2 Å². The number of anilines is 2. The molecule has 4 nitrogen and oxygen atoms in total. The van der Waals surface area contributed by atoms with Crippen molar-refractivity contribution in [1.29, 1.82) is 0 Å². The van der Waals surface area contributed by atoms with Gasteiger partial charge in [0, 0.05) is 56.1 Å². The van der Waals surface area contributed by atoms with E-state index in [4.69, 9.17) is 17.3 Å². The van der Waals surface area contributed by atoms with Crippen LogP contribution in [0.1, 0.15) is 33.0 Å². The molecule has 5 heteroatoms. The summed E-state index contributed by atoms with van der Waals surface area (Å²) in [5.41, 5.74) is 11.3. The van der Waals surface area contributed by atoms with E-state index in [0.29, 0.717) is 10.6 Å². The average molecular weight is 408 g/mol. The van der Waals surface area contributed by atoms with E-state index >= 15 is 0 Å². The van der Waals surface area contributed by atoms with E-state index in [9.17, 15) is 4.79 Å². The Bertz CT molecular complexity index is 944. The molecular formula is C24H26ClN3O. The molecule has 29 heavy (non-hydrogen) atoms. The fraction of sp³-hybridized carbons (Fsp3) is 0.208. The summed E-state index contributed by atoms with van der Waals surface area (Å²) in [5, 5.41) is 0.605. The van der Waals surface area contributed by atoms with E-state index in [2.05, 4.69) is 58.3 Å². The minimum Gasteiger partial charge on any atom is -0.378 e. The minimum absolute atomic E-state index is 0.116. The quantitative estimate of drug-likeness (QED) is 0.600. The molecule has 1 amide bonds. The topological polar surface area (TPSA) is 49.6 Å². The molecule has 2 N–H and O–H groups in total. The van der Waals surface area contributed by atoms with Gasteiger partial charge in [0.25, 0.3) is 0 Å². The molecule has 0 saturated heterocycles. The van der Waals surface area contributed by atoms with Crippen molar-refractivity contribution >= 4 is 28.9 Å². The van der Waals surface area contributed by atoms with Crippen LogP contribution in [0, 0.1) is 0 Å². The fourth-order valence-electron chi connectivity index (χ4n) is 3.40. The third kappa shape index (κ3) is 4.54. The monoisotopic (exact) mass is 407 g/mol. The molecule has 3 aromatic rings. The molecule has 0 aromatic heterocycles. The Kier molecular flexibility index (Phi) is 6.14. The lowest BCUT2D eigenvalue weighted by Crippen LogP contribution is -2.13. The Morgan fingerprint density at radius 3 is 1.62 bits per heavy atom. The van der Waals surface area contributed by atoms with Crippen molar-refractivity contribution in [3.8, 4) is 0 Å². The Morgan fingerprint density at radius 2 is 1.24 bits per heavy atom. The Hall–Kier alpha value is -2.98. The first-order chi connectivity index (χ1) is 13.8. The first kappa shape index (κ1) is 20.7. The summed E-state index contributed by atoms with van der Waals surface area (Å²) in [6.45, 7) is 0. The van der Waals surface area contributed by atoms with E-state index in [1.807, 2.05) is 28.2 Å². The first-order valence-electron chi connectivity index (χ1n) is 9.41. The van der Waals surface area contributed by atoms with Gasteiger partial charge in [-0.25, -0.2) is 0 Å². The lowest BCUT2D eigenvalue weighted by atomic mass is 9.84. The molecule has 150 valence electrons. The van der Waals surface area contributed by atoms with Crippen LogP contribution in [0.4, 0.5) is 11.4 Å². The van der Waals surface area contributed by atoms with Gasteiger partial charge in [-0.2, -0.15) is 0 Å². The predicted molar refractivity (Wildman–Crippen MR) is 122 cm³/mol. The molecule has 0 radical (unpaired) electrons. The summed E-state index contributed by atoms with van der Waals surface area (Å²) in [5.74, 6) is -0.582. The normalized spacial score (nSPS) is 10.8. The minimum atomic E-state index is -0.465. The SMILES string of the molecule is CN(C)c1ccc(C(c2ccc(N(C)C)cc2)c2cc(C(N)=O)ccc2Cl)cc1. The summed E-state index contributed by atoms with van der Waals surface area (Å²) in [6.07, 6.45) is 0. The van der Waals surface area contributed by atoms with Crippen LogP contribution in [-0.4, -0.2) is 34.1 Å². The Balaban J connectivity index is 2.16. The zero-order valence-corrected chi connectivity index (χ0v) is 17.9. The summed E-state index contributed by atoms with van der Waals surface area (Å²) < 4.78 is 0. The molecule has 0 bridgehead atoms. The second kappa shape index (κ2) is 8.58. The number of benzene rings is 3. The van der Waals surface area contributed by atoms with Crippen molar-refractivity contribution in [1.82, 2.24) is 0 Å². The van der Waals surface area contributed by atoms with Gasteiger partial charge in [-0.15, -0.1) is 0 Å². The van der Waals surface area contributed by atoms with Crippen molar-refractivity contribution in [3.05, 3.63) is 94.0 Å². The zero-order valence-electron chi connectivity index (χ0n) is 17.2. The number of nitrogens with two attached hydrogens (primary N) is 1. The maximum absolute atomic E-state index is 11.8. The fourth-order valence-corrected chi connectivity index (χ4v) is 3.63. The van der Waals surface area contributed by atoms with Crippen LogP contribution >= 0.6 is 11.6 Å². The number of hydrogen-bond acceptors (Lipinski definition) is 3. The van der Waals surface area contributed by atoms with Crippen LogP contribution < -0.4 is 15.5 Å². The van der Waals surface area contributed by atoms with Crippen LogP contribution in [0.2, 0.25) is 5.02 Å². The number of amides is 1. The van der Waals surface area contributed by atoms with Gasteiger partial charge in [0.2, 0.25) is 5.91 Å². The number of halogens is 1. The lowest BCUT2D eigenvalue weighted by molar-refractivity contribution is 0.1000. The number of primary amides is 1. The van der Waals surface area contributed by atoms with Gasteiger partial charge in [-0.1, -0.05) is 35.9 Å². The second-order valence-electron chi connectivity index (χ2n) is 7.51. The predicted octanol–water partition coefficient (Wildman–Crippen LogP) is 4.75. The molecule has 0 heterocycles. The van der Waals surface area contributed by atoms with Gasteiger partial charge >= 0.3 is 0 Å². The highest BCUT2D eigenvalue weighted by Gasteiger charge is 2.21. The first-order valence-corrected chi connectivity index (χ1v) is 9.79. The highest BCUT2D eigenvalue weighted by molar-refractivity contribution is 6.31. The molecule has 0 saturated carbocycles. The highest BCUT2D eigenvalue weighted by atomic mass is 35.5. The number of carbonyl (C=O) groups excluding carboxylic acids is 1. The van der Waals surface area contributed by atoms with Crippen molar-refractivity contribution in [2.45, 2.75) is 5.92 Å². The van der Waals surface area contributed by atoms with Gasteiger partial charge in [0.15, 0.2) is 0 Å². The van der Waals surface area contributed by atoms with Crippen molar-refractivity contribution < 1.29 is 4.79 Å². The van der Waals surface area contributed by atoms with Crippen molar-refractivity contribution in [2.24, 2.45) is 5.73 Å². The van der Waals surface area contributed by atoms with Gasteiger partial charge in [0.1, 0.15) is 0 Å². The van der Waals surface area contributed by atoms with E-state index in [1.54, 1.807) is 18.2 Å². The smallest absolute Gasteiger partial charge is 0.248 e. The standard InChI is InChI=1S/C24H26ClN3O/c1-27(2)19-10-5-16(6-11-19)23(17-7-12-20(13-8-17)28(3)4)21-15-18(24(26)29)9-14-22(21)25/h5-15,23H,1-4H3,(H2,26,29). The molecule has 0 atom stereocenters. The molecule has 0 aliphatic rings. The Morgan fingerprint density at radius 1 is 0.793 bits per heavy atom. The van der Waals surface area contributed by atoms with E-state index in [1.165, 1.54) is 0 Å². The number of carbonyl (C=O) groups is 1. The van der Waals surface area contributed by atoms with Crippen LogP contribution in [0.25, 0.3) is 0 Å². The molecule has 0 unspecified atom stereocenters. The molecule has 0 spiro atoms. The number of nitrogens with zero attached hydrogens (tertiary/aromatic N) is 2. The average Bonchev–Trinajstić information content (AvgIpc) is 2.70. The molecule has 0 aliphatic heterocycles. The number of hydrogen-bond donors (Lipinski definition) is 1. The van der Waals surface area contributed by atoms with Crippen LogP contribution in [-0.2, 0) is 0 Å². The summed E-state index contributed by atoms with van der Waals surface area (Å²) >= 11 is 6.59. The molecular weight excluding hydrogens is 382 g/mol. The van der Waals surface area contributed by atoms with E-state index < -0.39 is 5.91 Å². The summed E-state index contributed by atoms with van der Waals surface area (Å²) in [4.78, 5) is 15.9. The van der Waals surface area contributed by atoms with Crippen molar-refractivity contribution in [3.63, 3.8) is 0 Å². The van der Waals surface area contributed by atoms with Gasteiger partial charge < -0.3 is 15.5 Å². The van der Waals surface area contributed by atoms with E-state index in [-0.39, 0.29) is 5.92 Å². The molecule has 3 aromatic carbocycles. The lowest BCUT2D eigenvalue weighted by Gasteiger charge is -2.23. The highest BCUT2D eigenvalue weighted by Crippen LogP contribution is 2.37. The second-order valence-corrected chi connectivity index (χ2v) is 7.91. The molecule has 0 fully saturated rings. The summed E-state index contributed by atoms with van der Waals surface area (Å²) in [7, 11) is 8.05. The maximum Gasteiger partial charge on any atom is 0.248 e. The largest absolute Gasteiger partial charge is 0.378 e. The summed E-state index contributed by atoms with van der Waals surface area (Å²) in [6, 6.07) is 22.0. The third-order valence-electron chi connectivity index (χ3n) is 5.08. The number of rotatable bonds is 6. The van der Waals surface area contributed by atoms with Crippen LogP contribution in [0.15, 0.2) is 66.7 Å². The van der Waals surface area contributed by atoms with E-state index in [0.717, 1.165) is 28.1 Å². The Labute approximate surface area is 177 Å². The third-order valence-corrected chi connectivity index (χ3v) is 5.42.